The van der Waals surface area contributed by atoms with Crippen LogP contribution >= 0.6 is 0 Å². The minimum absolute atomic E-state index is 0.157. The van der Waals surface area contributed by atoms with Crippen molar-refractivity contribution in [1.82, 2.24) is 5.32 Å². The third kappa shape index (κ3) is 5.92. The Labute approximate surface area is 144 Å². The maximum absolute atomic E-state index is 12.1. The van der Waals surface area contributed by atoms with E-state index in [-0.39, 0.29) is 5.91 Å². The molecule has 0 radical (unpaired) electrons. The van der Waals surface area contributed by atoms with Gasteiger partial charge in [0, 0.05) is 24.8 Å². The Morgan fingerprint density at radius 1 is 1.00 bits per heavy atom. The van der Waals surface area contributed by atoms with Gasteiger partial charge in [-0.15, -0.1) is 0 Å². The smallest absolute Gasteiger partial charge is 0.249 e. The lowest BCUT2D eigenvalue weighted by Gasteiger charge is -2.17. The molecule has 1 N–H and O–H groups in total. The summed E-state index contributed by atoms with van der Waals surface area (Å²) in [5, 5.41) is 2.86. The van der Waals surface area contributed by atoms with Crippen LogP contribution < -0.4 is 19.5 Å². The molecule has 1 amide bonds. The zero-order valence-electron chi connectivity index (χ0n) is 15.5. The van der Waals surface area contributed by atoms with Crippen LogP contribution in [-0.4, -0.2) is 39.9 Å². The van der Waals surface area contributed by atoms with Gasteiger partial charge >= 0.3 is 0 Å². The molecular formula is C18H29NO5. The molecule has 0 aromatic heterocycles. The van der Waals surface area contributed by atoms with Gasteiger partial charge in [-0.2, -0.15) is 0 Å². The monoisotopic (exact) mass is 339 g/mol. The number of amides is 1. The molecule has 0 saturated carbocycles. The van der Waals surface area contributed by atoms with Crippen LogP contribution in [-0.2, 0) is 16.1 Å². The summed E-state index contributed by atoms with van der Waals surface area (Å²) in [4.78, 5) is 12.1. The molecule has 0 aliphatic carbocycles. The fourth-order valence-corrected chi connectivity index (χ4v) is 2.11. The summed E-state index contributed by atoms with van der Waals surface area (Å²) in [6.07, 6.45) is 0.441. The molecule has 24 heavy (non-hydrogen) atoms. The average molecular weight is 339 g/mol. The van der Waals surface area contributed by atoms with E-state index in [4.69, 9.17) is 18.9 Å². The Morgan fingerprint density at radius 2 is 1.58 bits per heavy atom. The number of ether oxygens (including phenoxy) is 4. The van der Waals surface area contributed by atoms with E-state index in [1.807, 2.05) is 0 Å². The Hall–Kier alpha value is -1.95. The van der Waals surface area contributed by atoms with Crippen molar-refractivity contribution in [3.63, 3.8) is 0 Å². The number of nitrogens with one attached hydrogen (secondary N) is 1. The summed E-state index contributed by atoms with van der Waals surface area (Å²) in [6.45, 7) is 6.89. The lowest BCUT2D eigenvalue weighted by atomic mass is 10.1. The van der Waals surface area contributed by atoms with Gasteiger partial charge in [0.2, 0.25) is 5.91 Å². The first-order chi connectivity index (χ1) is 11.4. The standard InChI is InChI=1S/C18H29NO5/c1-12(2)7-8-24-13(3)18(20)19-11-14-9-16(22-5)17(23-6)10-15(14)21-4/h9-10,12-13H,7-8,11H2,1-6H3,(H,19,20)/t13-/m1/s1. The van der Waals surface area contributed by atoms with Crippen molar-refractivity contribution in [2.75, 3.05) is 27.9 Å². The number of carbonyl (C=O) groups excluding carboxylic acids is 1. The molecule has 0 fully saturated rings. The lowest BCUT2D eigenvalue weighted by Crippen LogP contribution is -2.34. The van der Waals surface area contributed by atoms with Gasteiger partial charge in [0.05, 0.1) is 21.3 Å². The van der Waals surface area contributed by atoms with Crippen molar-refractivity contribution in [3.8, 4) is 17.2 Å². The van der Waals surface area contributed by atoms with Crippen LogP contribution in [0.15, 0.2) is 12.1 Å². The molecule has 1 atom stereocenters. The van der Waals surface area contributed by atoms with E-state index >= 15 is 0 Å². The zero-order valence-corrected chi connectivity index (χ0v) is 15.5. The van der Waals surface area contributed by atoms with Crippen molar-refractivity contribution < 1.29 is 23.7 Å². The maximum Gasteiger partial charge on any atom is 0.249 e. The van der Waals surface area contributed by atoms with Crippen molar-refractivity contribution in [2.24, 2.45) is 5.92 Å². The topological polar surface area (TPSA) is 66.0 Å². The van der Waals surface area contributed by atoms with Crippen molar-refractivity contribution in [3.05, 3.63) is 17.7 Å². The van der Waals surface area contributed by atoms with Gasteiger partial charge in [0.15, 0.2) is 11.5 Å². The molecule has 0 unspecified atom stereocenters. The van der Waals surface area contributed by atoms with Crippen LogP contribution in [0, 0.1) is 5.92 Å². The largest absolute Gasteiger partial charge is 0.496 e. The van der Waals surface area contributed by atoms with Gasteiger partial charge < -0.3 is 24.3 Å². The van der Waals surface area contributed by atoms with Crippen LogP contribution in [0.3, 0.4) is 0 Å². The highest BCUT2D eigenvalue weighted by Crippen LogP contribution is 2.34. The SMILES string of the molecule is COc1cc(OC)c(OC)cc1CNC(=O)[C@@H](C)OCCC(C)C. The molecule has 0 aliphatic heterocycles. The number of hydrogen-bond donors (Lipinski definition) is 1. The van der Waals surface area contributed by atoms with Gasteiger partial charge in [-0.25, -0.2) is 0 Å². The summed E-state index contributed by atoms with van der Waals surface area (Å²) < 4.78 is 21.4. The minimum Gasteiger partial charge on any atom is -0.496 e. The molecular weight excluding hydrogens is 310 g/mol. The summed E-state index contributed by atoms with van der Waals surface area (Å²) in [5.74, 6) is 2.19. The van der Waals surface area contributed by atoms with Gasteiger partial charge in [-0.05, 0) is 25.3 Å². The van der Waals surface area contributed by atoms with Gasteiger partial charge in [-0.3, -0.25) is 4.79 Å². The molecule has 6 heteroatoms. The van der Waals surface area contributed by atoms with Crippen LogP contribution in [0.2, 0.25) is 0 Å². The predicted molar refractivity (Wildman–Crippen MR) is 92.8 cm³/mol. The number of benzene rings is 1. The molecule has 0 bridgehead atoms. The van der Waals surface area contributed by atoms with E-state index in [9.17, 15) is 4.79 Å². The van der Waals surface area contributed by atoms with Gasteiger partial charge in [-0.1, -0.05) is 13.8 Å². The van der Waals surface area contributed by atoms with Gasteiger partial charge in [0.1, 0.15) is 11.9 Å². The number of carbonyl (C=O) groups is 1. The molecule has 0 aliphatic rings. The Kier molecular flexibility index (Phi) is 8.40. The number of methoxy groups -OCH3 is 3. The van der Waals surface area contributed by atoms with E-state index in [1.54, 1.807) is 40.4 Å². The van der Waals surface area contributed by atoms with Crippen molar-refractivity contribution >= 4 is 5.91 Å². The fraction of sp³-hybridized carbons (Fsp3) is 0.611. The first-order valence-corrected chi connectivity index (χ1v) is 8.11. The van der Waals surface area contributed by atoms with Crippen LogP contribution in [0.25, 0.3) is 0 Å². The van der Waals surface area contributed by atoms with Gasteiger partial charge in [0.25, 0.3) is 0 Å². The van der Waals surface area contributed by atoms with Crippen molar-refractivity contribution in [2.45, 2.75) is 39.8 Å². The third-order valence-corrected chi connectivity index (χ3v) is 3.67. The number of hydrogen-bond acceptors (Lipinski definition) is 5. The molecule has 136 valence electrons. The first-order valence-electron chi connectivity index (χ1n) is 8.11. The third-order valence-electron chi connectivity index (χ3n) is 3.67. The zero-order chi connectivity index (χ0) is 18.1. The molecule has 6 nitrogen and oxygen atoms in total. The second-order valence-electron chi connectivity index (χ2n) is 5.93. The normalized spacial score (nSPS) is 12.0. The second-order valence-corrected chi connectivity index (χ2v) is 5.93. The van der Waals surface area contributed by atoms with Crippen LogP contribution in [0.4, 0.5) is 0 Å². The summed E-state index contributed by atoms with van der Waals surface area (Å²) >= 11 is 0. The van der Waals surface area contributed by atoms with Crippen molar-refractivity contribution in [1.29, 1.82) is 0 Å². The Balaban J connectivity index is 2.67. The van der Waals surface area contributed by atoms with Crippen LogP contribution in [0.1, 0.15) is 32.8 Å². The molecule has 0 saturated heterocycles. The highest BCUT2D eigenvalue weighted by atomic mass is 16.5. The summed E-state index contributed by atoms with van der Waals surface area (Å²) in [7, 11) is 4.70. The maximum atomic E-state index is 12.1. The number of rotatable bonds is 10. The predicted octanol–water partition coefficient (Wildman–Crippen LogP) is 2.78. The first kappa shape index (κ1) is 20.1. The molecule has 0 heterocycles. The highest BCUT2D eigenvalue weighted by Gasteiger charge is 2.16. The molecule has 0 spiro atoms. The molecule has 1 aromatic rings. The molecule has 1 aromatic carbocycles. The highest BCUT2D eigenvalue weighted by molar-refractivity contribution is 5.80. The van der Waals surface area contributed by atoms with E-state index < -0.39 is 6.10 Å². The minimum atomic E-state index is -0.491. The molecule has 1 rings (SSSR count). The second kappa shape index (κ2) is 10.0. The Bertz CT molecular complexity index is 530. The van der Waals surface area contributed by atoms with E-state index in [0.29, 0.717) is 36.3 Å². The van der Waals surface area contributed by atoms with E-state index in [1.165, 1.54) is 0 Å². The van der Waals surface area contributed by atoms with E-state index in [2.05, 4.69) is 19.2 Å². The van der Waals surface area contributed by atoms with Crippen LogP contribution in [0.5, 0.6) is 17.2 Å². The van der Waals surface area contributed by atoms with E-state index in [0.717, 1.165) is 12.0 Å². The quantitative estimate of drug-likeness (QED) is 0.710. The average Bonchev–Trinajstić information content (AvgIpc) is 2.58. The fourth-order valence-electron chi connectivity index (χ4n) is 2.11. The lowest BCUT2D eigenvalue weighted by molar-refractivity contribution is -0.132. The Morgan fingerprint density at radius 3 is 2.12 bits per heavy atom. The summed E-state index contributed by atoms with van der Waals surface area (Å²) in [6, 6.07) is 3.53. The summed E-state index contributed by atoms with van der Waals surface area (Å²) in [5.41, 5.74) is 0.804.